The second-order valence-corrected chi connectivity index (χ2v) is 5.57. The number of aryl methyl sites for hydroxylation is 1. The summed E-state index contributed by atoms with van der Waals surface area (Å²) in [7, 11) is 0. The number of benzene rings is 1. The SMILES string of the molecule is Cc1ccc(Cl)c(Oc2nccc(CNC(C)C)c2F)c1. The molecule has 5 heteroatoms. The molecule has 2 aromatic rings. The Balaban J connectivity index is 2.24. The van der Waals surface area contributed by atoms with E-state index in [1.165, 1.54) is 6.20 Å². The highest BCUT2D eigenvalue weighted by molar-refractivity contribution is 6.32. The molecule has 0 fully saturated rings. The summed E-state index contributed by atoms with van der Waals surface area (Å²) in [6.45, 7) is 6.34. The fraction of sp³-hybridized carbons (Fsp3) is 0.312. The Kier molecular flexibility index (Phi) is 5.15. The number of hydrogen-bond donors (Lipinski definition) is 1. The van der Waals surface area contributed by atoms with Crippen LogP contribution in [0.1, 0.15) is 25.0 Å². The normalized spacial score (nSPS) is 11.0. The summed E-state index contributed by atoms with van der Waals surface area (Å²) in [5, 5.41) is 3.59. The molecule has 2 rings (SSSR count). The zero-order chi connectivity index (χ0) is 15.4. The van der Waals surface area contributed by atoms with Crippen molar-refractivity contribution in [2.45, 2.75) is 33.4 Å². The lowest BCUT2D eigenvalue weighted by atomic mass is 10.2. The van der Waals surface area contributed by atoms with E-state index in [4.69, 9.17) is 16.3 Å². The lowest BCUT2D eigenvalue weighted by Gasteiger charge is -2.12. The summed E-state index contributed by atoms with van der Waals surface area (Å²) < 4.78 is 19.9. The van der Waals surface area contributed by atoms with Crippen LogP contribution in [0.5, 0.6) is 11.6 Å². The lowest BCUT2D eigenvalue weighted by molar-refractivity contribution is 0.416. The maximum atomic E-state index is 14.4. The number of hydrogen-bond acceptors (Lipinski definition) is 3. The third kappa shape index (κ3) is 4.16. The van der Waals surface area contributed by atoms with Crippen molar-refractivity contribution in [3.05, 3.63) is 52.4 Å². The van der Waals surface area contributed by atoms with E-state index in [0.717, 1.165) is 5.56 Å². The Hall–Kier alpha value is -1.65. The molecule has 0 atom stereocenters. The minimum atomic E-state index is -0.469. The van der Waals surface area contributed by atoms with Crippen molar-refractivity contribution in [3.8, 4) is 11.6 Å². The molecule has 0 bridgehead atoms. The molecule has 0 saturated heterocycles. The van der Waals surface area contributed by atoms with Crippen LogP contribution in [0.3, 0.4) is 0 Å². The van der Waals surface area contributed by atoms with Crippen LogP contribution in [0, 0.1) is 12.7 Å². The zero-order valence-corrected chi connectivity index (χ0v) is 13.0. The van der Waals surface area contributed by atoms with Crippen LogP contribution in [0.25, 0.3) is 0 Å². The smallest absolute Gasteiger partial charge is 0.256 e. The van der Waals surface area contributed by atoms with E-state index in [0.29, 0.717) is 22.9 Å². The molecule has 0 radical (unpaired) electrons. The summed E-state index contributed by atoms with van der Waals surface area (Å²) in [6.07, 6.45) is 1.53. The Labute approximate surface area is 129 Å². The van der Waals surface area contributed by atoms with Crippen molar-refractivity contribution in [2.24, 2.45) is 0 Å². The molecule has 1 aromatic heterocycles. The van der Waals surface area contributed by atoms with Crippen molar-refractivity contribution in [1.29, 1.82) is 0 Å². The second kappa shape index (κ2) is 6.87. The monoisotopic (exact) mass is 308 g/mol. The number of nitrogens with zero attached hydrogens (tertiary/aromatic N) is 1. The second-order valence-electron chi connectivity index (χ2n) is 5.16. The van der Waals surface area contributed by atoms with E-state index in [1.807, 2.05) is 26.8 Å². The van der Waals surface area contributed by atoms with E-state index < -0.39 is 5.82 Å². The molecule has 3 nitrogen and oxygen atoms in total. The molecular weight excluding hydrogens is 291 g/mol. The third-order valence-corrected chi connectivity index (χ3v) is 3.24. The predicted molar refractivity (Wildman–Crippen MR) is 82.4 cm³/mol. The Morgan fingerprint density at radius 2 is 2.10 bits per heavy atom. The molecule has 0 spiro atoms. The maximum Gasteiger partial charge on any atom is 0.256 e. The molecule has 112 valence electrons. The van der Waals surface area contributed by atoms with Crippen LogP contribution in [0.4, 0.5) is 4.39 Å². The van der Waals surface area contributed by atoms with Crippen molar-refractivity contribution in [2.75, 3.05) is 0 Å². The van der Waals surface area contributed by atoms with E-state index in [1.54, 1.807) is 18.2 Å². The molecule has 0 aliphatic heterocycles. The average Bonchev–Trinajstić information content (AvgIpc) is 2.43. The molecule has 0 aliphatic carbocycles. The molecule has 0 saturated carbocycles. The topological polar surface area (TPSA) is 34.1 Å². The summed E-state index contributed by atoms with van der Waals surface area (Å²) in [5.74, 6) is -0.134. The number of halogens is 2. The quantitative estimate of drug-likeness (QED) is 0.884. The van der Waals surface area contributed by atoms with Crippen molar-refractivity contribution < 1.29 is 9.13 Å². The molecule has 1 N–H and O–H groups in total. The van der Waals surface area contributed by atoms with Gasteiger partial charge in [-0.2, -0.15) is 0 Å². The summed E-state index contributed by atoms with van der Waals surface area (Å²) in [4.78, 5) is 3.95. The van der Waals surface area contributed by atoms with Gasteiger partial charge in [0.2, 0.25) is 0 Å². The molecule has 0 aliphatic rings. The minimum Gasteiger partial charge on any atom is -0.435 e. The van der Waals surface area contributed by atoms with Gasteiger partial charge in [-0.3, -0.25) is 0 Å². The van der Waals surface area contributed by atoms with E-state index in [-0.39, 0.29) is 11.9 Å². The zero-order valence-electron chi connectivity index (χ0n) is 12.3. The summed E-state index contributed by atoms with van der Waals surface area (Å²) in [6, 6.07) is 7.24. The summed E-state index contributed by atoms with van der Waals surface area (Å²) >= 11 is 6.05. The van der Waals surface area contributed by atoms with Gasteiger partial charge in [-0.05, 0) is 30.7 Å². The molecule has 1 aromatic carbocycles. The fourth-order valence-electron chi connectivity index (χ4n) is 1.78. The van der Waals surface area contributed by atoms with Gasteiger partial charge in [0.05, 0.1) is 5.02 Å². The fourth-order valence-corrected chi connectivity index (χ4v) is 1.93. The van der Waals surface area contributed by atoms with Crippen LogP contribution in [-0.4, -0.2) is 11.0 Å². The summed E-state index contributed by atoms with van der Waals surface area (Å²) in [5.41, 5.74) is 1.49. The van der Waals surface area contributed by atoms with Crippen LogP contribution in [0.15, 0.2) is 30.5 Å². The van der Waals surface area contributed by atoms with E-state index in [9.17, 15) is 4.39 Å². The van der Waals surface area contributed by atoms with Gasteiger partial charge in [0, 0.05) is 24.3 Å². The first-order valence-corrected chi connectivity index (χ1v) is 7.16. The number of pyridine rings is 1. The number of rotatable bonds is 5. The van der Waals surface area contributed by atoms with Gasteiger partial charge in [0.25, 0.3) is 5.88 Å². The molecule has 1 heterocycles. The largest absolute Gasteiger partial charge is 0.435 e. The first-order chi connectivity index (χ1) is 9.97. The van der Waals surface area contributed by atoms with Crippen LogP contribution < -0.4 is 10.1 Å². The standard InChI is InChI=1S/C16H18ClFN2O/c1-10(2)20-9-12-6-7-19-16(15(12)18)21-14-8-11(3)4-5-13(14)17/h4-8,10,20H,9H2,1-3H3. The van der Waals surface area contributed by atoms with Crippen molar-refractivity contribution in [1.82, 2.24) is 10.3 Å². The van der Waals surface area contributed by atoms with Gasteiger partial charge in [-0.15, -0.1) is 0 Å². The van der Waals surface area contributed by atoms with Gasteiger partial charge in [0.1, 0.15) is 5.75 Å². The van der Waals surface area contributed by atoms with Gasteiger partial charge >= 0.3 is 0 Å². The Morgan fingerprint density at radius 3 is 2.81 bits per heavy atom. The maximum absolute atomic E-state index is 14.4. The van der Waals surface area contributed by atoms with Gasteiger partial charge in [-0.1, -0.05) is 31.5 Å². The first kappa shape index (κ1) is 15.7. The van der Waals surface area contributed by atoms with Gasteiger partial charge < -0.3 is 10.1 Å². The highest BCUT2D eigenvalue weighted by Crippen LogP contribution is 2.31. The van der Waals surface area contributed by atoms with E-state index in [2.05, 4.69) is 10.3 Å². The molecule has 0 amide bonds. The number of nitrogens with one attached hydrogen (secondary N) is 1. The predicted octanol–water partition coefficient (Wildman–Crippen LogP) is 4.47. The number of ether oxygens (including phenoxy) is 1. The molecule has 0 unspecified atom stereocenters. The van der Waals surface area contributed by atoms with Gasteiger partial charge in [0.15, 0.2) is 5.82 Å². The average molecular weight is 309 g/mol. The highest BCUT2D eigenvalue weighted by atomic mass is 35.5. The van der Waals surface area contributed by atoms with Gasteiger partial charge in [-0.25, -0.2) is 9.37 Å². The third-order valence-electron chi connectivity index (χ3n) is 2.93. The minimum absolute atomic E-state index is 0.0643. The Bertz CT molecular complexity index is 632. The Morgan fingerprint density at radius 1 is 1.33 bits per heavy atom. The highest BCUT2D eigenvalue weighted by Gasteiger charge is 2.13. The number of aromatic nitrogens is 1. The van der Waals surface area contributed by atoms with Crippen molar-refractivity contribution >= 4 is 11.6 Å². The molecular formula is C16H18ClFN2O. The molecule has 21 heavy (non-hydrogen) atoms. The lowest BCUT2D eigenvalue weighted by Crippen LogP contribution is -2.22. The van der Waals surface area contributed by atoms with Crippen molar-refractivity contribution in [3.63, 3.8) is 0 Å². The van der Waals surface area contributed by atoms with Crippen LogP contribution in [0.2, 0.25) is 5.02 Å². The van der Waals surface area contributed by atoms with Crippen LogP contribution >= 0.6 is 11.6 Å². The van der Waals surface area contributed by atoms with E-state index >= 15 is 0 Å². The first-order valence-electron chi connectivity index (χ1n) is 6.78. The van der Waals surface area contributed by atoms with Crippen LogP contribution in [-0.2, 0) is 6.54 Å².